The molecule has 8 N–H and O–H groups in total. The number of carbonyl (C=O) groups excluding carboxylic acids is 1. The molecule has 1 fully saturated rings. The van der Waals surface area contributed by atoms with Crippen LogP contribution in [0.1, 0.15) is 155 Å². The summed E-state index contributed by atoms with van der Waals surface area (Å²) in [5.74, 6) is -0.716. The summed E-state index contributed by atoms with van der Waals surface area (Å²) in [4.78, 5) is 13.0. The molecule has 0 aromatic carbocycles. The van der Waals surface area contributed by atoms with Gasteiger partial charge in [-0.15, -0.1) is 0 Å². The van der Waals surface area contributed by atoms with E-state index in [-0.39, 0.29) is 12.8 Å². The van der Waals surface area contributed by atoms with Gasteiger partial charge in [0.1, 0.15) is 36.6 Å². The Hall–Kier alpha value is -1.41. The predicted octanol–water partition coefficient (Wildman–Crippen LogP) is 5.10. The van der Waals surface area contributed by atoms with Crippen molar-refractivity contribution in [1.82, 2.24) is 5.32 Å². The lowest BCUT2D eigenvalue weighted by Crippen LogP contribution is -2.60. The molecule has 9 atom stereocenters. The summed E-state index contributed by atoms with van der Waals surface area (Å²) in [5, 5.41) is 75.1. The molecule has 1 amide bonds. The molecule has 9 unspecified atom stereocenters. The highest BCUT2D eigenvalue weighted by Gasteiger charge is 2.44. The van der Waals surface area contributed by atoms with Crippen LogP contribution in [0.4, 0.5) is 0 Å². The van der Waals surface area contributed by atoms with E-state index in [1.807, 2.05) is 0 Å². The average molecular weight is 730 g/mol. The zero-order valence-electron chi connectivity index (χ0n) is 31.8. The molecule has 0 aliphatic carbocycles. The number of rotatable bonds is 32. The fourth-order valence-electron chi connectivity index (χ4n) is 6.28. The fraction of sp³-hybridized carbons (Fsp3) is 0.875. The Balaban J connectivity index is 2.58. The molecule has 0 bridgehead atoms. The van der Waals surface area contributed by atoms with Gasteiger partial charge in [-0.05, 0) is 51.4 Å². The standard InChI is InChI=1S/C40H75NO10/c1-3-5-7-9-11-13-14-15-16-17-18-20-21-23-25-27-32(43)35(45)31(30-50-40-38(48)37(47)36(46)34(29-42)51-40)41-39(49)33(44)28-26-24-22-19-12-10-8-6-4-2/h15-16,20-21,31-38,40,42-48H,3-14,17-19,22-30H2,1-2H3,(H,41,49)/b16-15+,21-20+. The zero-order chi connectivity index (χ0) is 37.7. The van der Waals surface area contributed by atoms with Gasteiger partial charge < -0.3 is 50.5 Å². The number of aliphatic hydroxyl groups is 7. The Morgan fingerprint density at radius 3 is 1.75 bits per heavy atom. The maximum absolute atomic E-state index is 13.0. The quantitative estimate of drug-likeness (QED) is 0.0342. The largest absolute Gasteiger partial charge is 0.394 e. The molecule has 11 heteroatoms. The second-order valence-corrected chi connectivity index (χ2v) is 14.3. The van der Waals surface area contributed by atoms with Crippen molar-refractivity contribution in [2.75, 3.05) is 13.2 Å². The number of carbonyl (C=O) groups is 1. The topological polar surface area (TPSA) is 189 Å². The van der Waals surface area contributed by atoms with Gasteiger partial charge >= 0.3 is 0 Å². The molecule has 0 aromatic rings. The van der Waals surface area contributed by atoms with Crippen molar-refractivity contribution in [2.45, 2.75) is 210 Å². The Bertz CT molecular complexity index is 887. The first kappa shape index (κ1) is 47.6. The van der Waals surface area contributed by atoms with Gasteiger partial charge in [0.15, 0.2) is 6.29 Å². The molecule has 1 heterocycles. The van der Waals surface area contributed by atoms with Gasteiger partial charge in [0, 0.05) is 0 Å². The van der Waals surface area contributed by atoms with Gasteiger partial charge in [0.25, 0.3) is 0 Å². The van der Waals surface area contributed by atoms with E-state index in [2.05, 4.69) is 43.5 Å². The Labute approximate surface area is 308 Å². The van der Waals surface area contributed by atoms with Crippen molar-refractivity contribution in [3.8, 4) is 0 Å². The lowest BCUT2D eigenvalue weighted by molar-refractivity contribution is -0.303. The lowest BCUT2D eigenvalue weighted by Gasteiger charge is -2.40. The van der Waals surface area contributed by atoms with Crippen molar-refractivity contribution in [2.24, 2.45) is 0 Å². The van der Waals surface area contributed by atoms with Crippen LogP contribution in [0.25, 0.3) is 0 Å². The molecule has 51 heavy (non-hydrogen) atoms. The summed E-state index contributed by atoms with van der Waals surface area (Å²) in [7, 11) is 0. The highest BCUT2D eigenvalue weighted by atomic mass is 16.7. The first-order valence-electron chi connectivity index (χ1n) is 20.2. The third-order valence-electron chi connectivity index (χ3n) is 9.73. The molecule has 0 radical (unpaired) electrons. The van der Waals surface area contributed by atoms with E-state index in [9.17, 15) is 40.5 Å². The van der Waals surface area contributed by atoms with Crippen LogP contribution >= 0.6 is 0 Å². The van der Waals surface area contributed by atoms with Crippen LogP contribution in [0.15, 0.2) is 24.3 Å². The number of allylic oxidation sites excluding steroid dienone is 4. The van der Waals surface area contributed by atoms with Crippen LogP contribution in [-0.2, 0) is 14.3 Å². The van der Waals surface area contributed by atoms with Gasteiger partial charge in [-0.25, -0.2) is 0 Å². The molecule has 1 aliphatic rings. The monoisotopic (exact) mass is 730 g/mol. The molecule has 1 aliphatic heterocycles. The third-order valence-corrected chi connectivity index (χ3v) is 9.73. The molecule has 1 saturated heterocycles. The second kappa shape index (κ2) is 31.0. The molecular weight excluding hydrogens is 654 g/mol. The van der Waals surface area contributed by atoms with Crippen LogP contribution in [-0.4, -0.2) is 110 Å². The second-order valence-electron chi connectivity index (χ2n) is 14.3. The van der Waals surface area contributed by atoms with Crippen LogP contribution in [0, 0.1) is 0 Å². The van der Waals surface area contributed by atoms with Crippen LogP contribution in [0.3, 0.4) is 0 Å². The maximum atomic E-state index is 13.0. The van der Waals surface area contributed by atoms with E-state index in [1.54, 1.807) is 0 Å². The van der Waals surface area contributed by atoms with E-state index in [1.165, 1.54) is 70.6 Å². The normalized spacial score (nSPS) is 23.5. The maximum Gasteiger partial charge on any atom is 0.249 e. The number of ether oxygens (including phenoxy) is 2. The zero-order valence-corrected chi connectivity index (χ0v) is 31.8. The summed E-state index contributed by atoms with van der Waals surface area (Å²) in [6.45, 7) is 3.35. The predicted molar refractivity (Wildman–Crippen MR) is 201 cm³/mol. The molecule has 0 spiro atoms. The van der Waals surface area contributed by atoms with Gasteiger partial charge in [-0.3, -0.25) is 4.79 Å². The SMILES string of the molecule is CCCCCCCC/C=C/CC/C=C/CCCC(O)C(O)C(COC1OC(CO)C(O)C(O)C1O)NC(=O)C(O)CCCCCCCCCCC. The molecule has 0 aromatic heterocycles. The average Bonchev–Trinajstić information content (AvgIpc) is 3.13. The van der Waals surface area contributed by atoms with Crippen LogP contribution in [0.2, 0.25) is 0 Å². The molecule has 11 nitrogen and oxygen atoms in total. The van der Waals surface area contributed by atoms with E-state index < -0.39 is 74.2 Å². The minimum Gasteiger partial charge on any atom is -0.394 e. The van der Waals surface area contributed by atoms with E-state index in [0.29, 0.717) is 19.3 Å². The number of amides is 1. The summed E-state index contributed by atoms with van der Waals surface area (Å²) < 4.78 is 11.0. The van der Waals surface area contributed by atoms with Crippen molar-refractivity contribution in [3.63, 3.8) is 0 Å². The fourth-order valence-corrected chi connectivity index (χ4v) is 6.28. The van der Waals surface area contributed by atoms with Gasteiger partial charge in [0.2, 0.25) is 5.91 Å². The molecule has 0 saturated carbocycles. The highest BCUT2D eigenvalue weighted by molar-refractivity contribution is 5.80. The third kappa shape index (κ3) is 21.8. The highest BCUT2D eigenvalue weighted by Crippen LogP contribution is 2.23. The van der Waals surface area contributed by atoms with Crippen molar-refractivity contribution in [3.05, 3.63) is 24.3 Å². The van der Waals surface area contributed by atoms with Crippen molar-refractivity contribution >= 4 is 5.91 Å². The Morgan fingerprint density at radius 2 is 1.18 bits per heavy atom. The summed E-state index contributed by atoms with van der Waals surface area (Å²) in [6, 6.07) is -1.18. The van der Waals surface area contributed by atoms with Gasteiger partial charge in [0.05, 0.1) is 25.4 Å². The number of nitrogens with one attached hydrogen (secondary N) is 1. The lowest BCUT2D eigenvalue weighted by atomic mass is 9.98. The number of aliphatic hydroxyl groups excluding tert-OH is 7. The smallest absolute Gasteiger partial charge is 0.249 e. The molecule has 1 rings (SSSR count). The molecule has 300 valence electrons. The first-order valence-corrected chi connectivity index (χ1v) is 20.2. The van der Waals surface area contributed by atoms with E-state index in [4.69, 9.17) is 9.47 Å². The minimum atomic E-state index is -1.67. The molecular formula is C40H75NO10. The van der Waals surface area contributed by atoms with E-state index in [0.717, 1.165) is 38.5 Å². The number of unbranched alkanes of at least 4 members (excludes halogenated alkanes) is 16. The van der Waals surface area contributed by atoms with Crippen LogP contribution in [0.5, 0.6) is 0 Å². The van der Waals surface area contributed by atoms with Gasteiger partial charge in [-0.1, -0.05) is 128 Å². The number of hydrogen-bond acceptors (Lipinski definition) is 10. The number of hydrogen-bond donors (Lipinski definition) is 8. The Kier molecular flexibility index (Phi) is 28.9. The van der Waals surface area contributed by atoms with Crippen molar-refractivity contribution < 1.29 is 50.0 Å². The van der Waals surface area contributed by atoms with Crippen LogP contribution < -0.4 is 5.32 Å². The minimum absolute atomic E-state index is 0.247. The summed E-state index contributed by atoms with van der Waals surface area (Å²) >= 11 is 0. The summed E-state index contributed by atoms with van der Waals surface area (Å²) in [5.41, 5.74) is 0. The van der Waals surface area contributed by atoms with Gasteiger partial charge in [-0.2, -0.15) is 0 Å². The summed E-state index contributed by atoms with van der Waals surface area (Å²) in [6.07, 6.45) is 19.6. The first-order chi connectivity index (χ1) is 24.7. The van der Waals surface area contributed by atoms with E-state index >= 15 is 0 Å². The van der Waals surface area contributed by atoms with Crippen molar-refractivity contribution in [1.29, 1.82) is 0 Å². The Morgan fingerprint density at radius 1 is 0.667 bits per heavy atom.